The fourth-order valence-corrected chi connectivity index (χ4v) is 1.75. The Kier molecular flexibility index (Phi) is 3.89. The number of anilines is 1. The quantitative estimate of drug-likeness (QED) is 0.906. The Labute approximate surface area is 119 Å². The van der Waals surface area contributed by atoms with E-state index in [9.17, 15) is 18.4 Å². The van der Waals surface area contributed by atoms with E-state index in [0.29, 0.717) is 6.07 Å². The number of amides is 1. The number of benzene rings is 1. The average Bonchev–Trinajstić information content (AvgIpc) is 2.75. The van der Waals surface area contributed by atoms with Crippen molar-refractivity contribution >= 4 is 33.4 Å². The largest absolute Gasteiger partial charge is 0.318 e. The van der Waals surface area contributed by atoms with E-state index in [0.717, 1.165) is 16.9 Å². The van der Waals surface area contributed by atoms with E-state index in [2.05, 4.69) is 31.4 Å². The van der Waals surface area contributed by atoms with Crippen LogP contribution in [0.3, 0.4) is 0 Å². The molecule has 0 fully saturated rings. The van der Waals surface area contributed by atoms with Gasteiger partial charge in [0, 0.05) is 13.0 Å². The number of aromatic nitrogens is 3. The molecule has 2 rings (SSSR count). The molecule has 0 unspecified atom stereocenters. The molecule has 1 heterocycles. The van der Waals surface area contributed by atoms with Crippen LogP contribution in [-0.2, 0) is 0 Å². The van der Waals surface area contributed by atoms with Crippen LogP contribution in [0.15, 0.2) is 22.8 Å². The van der Waals surface area contributed by atoms with Crippen molar-refractivity contribution in [1.29, 1.82) is 0 Å². The van der Waals surface area contributed by atoms with Gasteiger partial charge in [0.1, 0.15) is 11.6 Å². The van der Waals surface area contributed by atoms with Crippen molar-refractivity contribution in [2.24, 2.45) is 0 Å². The highest BCUT2D eigenvalue weighted by molar-refractivity contribution is 9.10. The third-order valence-corrected chi connectivity index (χ3v) is 2.78. The molecule has 1 amide bonds. The van der Waals surface area contributed by atoms with E-state index in [-0.39, 0.29) is 16.0 Å². The average molecular weight is 345 g/mol. The molecule has 0 aliphatic heterocycles. The van der Waals surface area contributed by atoms with Crippen molar-refractivity contribution in [3.63, 3.8) is 0 Å². The molecule has 104 valence electrons. The minimum absolute atomic E-state index is 0.0349. The third kappa shape index (κ3) is 2.87. The van der Waals surface area contributed by atoms with E-state index >= 15 is 0 Å². The second-order valence-electron chi connectivity index (χ2n) is 3.73. The molecule has 1 aromatic heterocycles. The second-order valence-corrected chi connectivity index (χ2v) is 4.48. The van der Waals surface area contributed by atoms with Crippen molar-refractivity contribution in [3.05, 3.63) is 40.1 Å². The maximum atomic E-state index is 13.4. The van der Waals surface area contributed by atoms with Crippen LogP contribution in [0.25, 0.3) is 0 Å². The maximum Gasteiger partial charge on any atom is 0.279 e. The van der Waals surface area contributed by atoms with Gasteiger partial charge in [0.25, 0.3) is 11.8 Å². The van der Waals surface area contributed by atoms with Crippen molar-refractivity contribution < 1.29 is 18.4 Å². The van der Waals surface area contributed by atoms with Gasteiger partial charge in [-0.25, -0.2) is 8.78 Å². The third-order valence-electron chi connectivity index (χ3n) is 2.25. The fraction of sp³-hybridized carbons (Fsp3) is 0.0909. The minimum Gasteiger partial charge on any atom is -0.318 e. The lowest BCUT2D eigenvalue weighted by atomic mass is 10.3. The Morgan fingerprint density at radius 2 is 2.00 bits per heavy atom. The number of carbonyl (C=O) groups is 2. The van der Waals surface area contributed by atoms with Gasteiger partial charge in [-0.2, -0.15) is 0 Å². The molecule has 0 radical (unpaired) electrons. The van der Waals surface area contributed by atoms with Crippen molar-refractivity contribution in [2.45, 2.75) is 6.92 Å². The van der Waals surface area contributed by atoms with Crippen molar-refractivity contribution in [3.8, 4) is 0 Å². The number of nitrogens with one attached hydrogen (secondary N) is 1. The van der Waals surface area contributed by atoms with E-state index in [1.54, 1.807) is 0 Å². The molecule has 0 aliphatic rings. The predicted molar refractivity (Wildman–Crippen MR) is 68.3 cm³/mol. The van der Waals surface area contributed by atoms with Gasteiger partial charge in [-0.05, 0) is 28.1 Å². The van der Waals surface area contributed by atoms with Crippen LogP contribution in [0.1, 0.15) is 22.2 Å². The van der Waals surface area contributed by atoms with Crippen LogP contribution in [-0.4, -0.2) is 26.8 Å². The lowest BCUT2D eigenvalue weighted by Crippen LogP contribution is -2.16. The number of hydrogen-bond donors (Lipinski definition) is 1. The Bertz CT molecular complexity index is 702. The Morgan fingerprint density at radius 3 is 2.55 bits per heavy atom. The summed E-state index contributed by atoms with van der Waals surface area (Å²) in [7, 11) is 0. The summed E-state index contributed by atoms with van der Waals surface area (Å²) in [5, 5.41) is 9.53. The molecular formula is C11H7BrF2N4O2. The van der Waals surface area contributed by atoms with Gasteiger partial charge >= 0.3 is 0 Å². The molecule has 0 aliphatic carbocycles. The molecule has 6 nitrogen and oxygen atoms in total. The zero-order chi connectivity index (χ0) is 14.9. The normalized spacial score (nSPS) is 10.4. The maximum absolute atomic E-state index is 13.4. The second kappa shape index (κ2) is 5.45. The highest BCUT2D eigenvalue weighted by Gasteiger charge is 2.19. The first kappa shape index (κ1) is 14.3. The fourth-order valence-electron chi connectivity index (χ4n) is 1.34. The molecule has 1 N–H and O–H groups in total. The summed E-state index contributed by atoms with van der Waals surface area (Å²) in [5.41, 5.74) is -0.399. The molecule has 20 heavy (non-hydrogen) atoms. The molecule has 0 saturated heterocycles. The Morgan fingerprint density at radius 1 is 1.30 bits per heavy atom. The predicted octanol–water partition coefficient (Wildman–Crippen LogP) is 2.23. The number of nitrogens with zero attached hydrogens (tertiary/aromatic N) is 3. The van der Waals surface area contributed by atoms with E-state index in [1.165, 1.54) is 6.92 Å². The molecule has 1 aromatic carbocycles. The van der Waals surface area contributed by atoms with Crippen LogP contribution in [0.2, 0.25) is 0 Å². The van der Waals surface area contributed by atoms with Gasteiger partial charge in [-0.1, -0.05) is 0 Å². The van der Waals surface area contributed by atoms with Crippen LogP contribution in [0, 0.1) is 11.6 Å². The number of halogens is 3. The Hall–Kier alpha value is -2.16. The topological polar surface area (TPSA) is 76.9 Å². The highest BCUT2D eigenvalue weighted by atomic mass is 79.9. The summed E-state index contributed by atoms with van der Waals surface area (Å²) in [4.78, 5) is 23.7. The number of carbonyl (C=O) groups excluding carboxylic acids is 2. The minimum atomic E-state index is -0.923. The van der Waals surface area contributed by atoms with Crippen LogP contribution in [0.4, 0.5) is 14.5 Å². The molecule has 2 aromatic rings. The Balaban J connectivity index is 2.26. The zero-order valence-electron chi connectivity index (χ0n) is 10.0. The number of hydrogen-bond acceptors (Lipinski definition) is 4. The summed E-state index contributed by atoms with van der Waals surface area (Å²) >= 11 is 2.97. The van der Waals surface area contributed by atoms with Gasteiger partial charge in [0.05, 0.1) is 5.69 Å². The van der Waals surface area contributed by atoms with E-state index < -0.39 is 23.4 Å². The molecule has 9 heteroatoms. The molecule has 0 spiro atoms. The lowest BCUT2D eigenvalue weighted by Gasteiger charge is -2.04. The summed E-state index contributed by atoms with van der Waals surface area (Å²) in [5.74, 6) is -2.95. The summed E-state index contributed by atoms with van der Waals surface area (Å²) in [6.07, 6.45) is 0. The standard InChI is InChI=1S/C11H7BrF2N4O2/c1-5(19)18-16-9(10(12)17-18)11(20)15-8-3-2-6(13)4-7(8)14/h2-4H,1H3,(H,15,20). The first-order valence-corrected chi connectivity index (χ1v) is 6.08. The van der Waals surface area contributed by atoms with Gasteiger partial charge in [0.2, 0.25) is 0 Å². The molecule has 0 atom stereocenters. The zero-order valence-corrected chi connectivity index (χ0v) is 11.6. The van der Waals surface area contributed by atoms with Crippen molar-refractivity contribution in [2.75, 3.05) is 5.32 Å². The molecular weight excluding hydrogens is 338 g/mol. The first-order valence-electron chi connectivity index (χ1n) is 5.28. The van der Waals surface area contributed by atoms with E-state index in [1.807, 2.05) is 0 Å². The van der Waals surface area contributed by atoms with Crippen molar-refractivity contribution in [1.82, 2.24) is 15.0 Å². The monoisotopic (exact) mass is 344 g/mol. The van der Waals surface area contributed by atoms with E-state index in [4.69, 9.17) is 0 Å². The van der Waals surface area contributed by atoms with Gasteiger partial charge < -0.3 is 5.32 Å². The molecule has 0 saturated carbocycles. The summed E-state index contributed by atoms with van der Waals surface area (Å²) < 4.78 is 26.2. The SMILES string of the molecule is CC(=O)n1nc(Br)c(C(=O)Nc2ccc(F)cc2F)n1. The number of rotatable bonds is 2. The van der Waals surface area contributed by atoms with Crippen LogP contribution in [0.5, 0.6) is 0 Å². The smallest absolute Gasteiger partial charge is 0.279 e. The first-order chi connectivity index (χ1) is 9.38. The summed E-state index contributed by atoms with van der Waals surface area (Å²) in [6, 6.07) is 2.71. The van der Waals surface area contributed by atoms with Crippen LogP contribution < -0.4 is 5.32 Å². The lowest BCUT2D eigenvalue weighted by molar-refractivity contribution is 0.0902. The molecule has 0 bridgehead atoms. The van der Waals surface area contributed by atoms with Crippen LogP contribution >= 0.6 is 15.9 Å². The highest BCUT2D eigenvalue weighted by Crippen LogP contribution is 2.18. The van der Waals surface area contributed by atoms with Gasteiger partial charge in [-0.15, -0.1) is 15.0 Å². The van der Waals surface area contributed by atoms with Gasteiger partial charge in [-0.3, -0.25) is 9.59 Å². The van der Waals surface area contributed by atoms with Gasteiger partial charge in [0.15, 0.2) is 10.3 Å². The summed E-state index contributed by atoms with van der Waals surface area (Å²) in [6.45, 7) is 1.22.